The Bertz CT molecular complexity index is 331. The number of nitrogens with one attached hydrogen (secondary N) is 1. The Balaban J connectivity index is 2.73. The standard InChI is InChI=1S/C7H9BN2O4/c9-7(11)10-5-2-1-3-6(4-5)14-8(12)13/h1-4,12-13H,(H3,9,10,11). The van der Waals surface area contributed by atoms with Crippen molar-refractivity contribution in [3.05, 3.63) is 24.3 Å². The molecule has 74 valence electrons. The monoisotopic (exact) mass is 196 g/mol. The van der Waals surface area contributed by atoms with E-state index in [1.54, 1.807) is 12.1 Å². The number of carbonyl (C=O) groups is 1. The summed E-state index contributed by atoms with van der Waals surface area (Å²) in [6.45, 7) is 0. The maximum absolute atomic E-state index is 10.5. The Morgan fingerprint density at radius 1 is 1.50 bits per heavy atom. The zero-order valence-corrected chi connectivity index (χ0v) is 7.18. The highest BCUT2D eigenvalue weighted by Gasteiger charge is 2.11. The first-order chi connectivity index (χ1) is 6.58. The minimum absolute atomic E-state index is 0.214. The van der Waals surface area contributed by atoms with E-state index in [1.807, 2.05) is 0 Å². The van der Waals surface area contributed by atoms with Crippen LogP contribution in [0.1, 0.15) is 0 Å². The largest absolute Gasteiger partial charge is 0.707 e. The summed E-state index contributed by atoms with van der Waals surface area (Å²) in [5.41, 5.74) is 5.30. The minimum atomic E-state index is -1.89. The van der Waals surface area contributed by atoms with Gasteiger partial charge in [0.05, 0.1) is 0 Å². The van der Waals surface area contributed by atoms with Crippen LogP contribution < -0.4 is 15.7 Å². The fraction of sp³-hybridized carbons (Fsp3) is 0. The summed E-state index contributed by atoms with van der Waals surface area (Å²) >= 11 is 0. The molecule has 2 amide bonds. The highest BCUT2D eigenvalue weighted by atomic mass is 16.6. The predicted octanol–water partition coefficient (Wildman–Crippen LogP) is -0.474. The van der Waals surface area contributed by atoms with E-state index in [0.717, 1.165) is 0 Å². The summed E-state index contributed by atoms with van der Waals surface area (Å²) < 4.78 is 4.56. The molecule has 0 aromatic heterocycles. The number of primary amides is 1. The van der Waals surface area contributed by atoms with Gasteiger partial charge in [-0.3, -0.25) is 0 Å². The van der Waals surface area contributed by atoms with Crippen molar-refractivity contribution in [3.8, 4) is 5.75 Å². The van der Waals surface area contributed by atoms with Crippen LogP contribution >= 0.6 is 0 Å². The molecule has 1 aromatic rings. The van der Waals surface area contributed by atoms with Gasteiger partial charge in [-0.05, 0) is 12.1 Å². The first kappa shape index (κ1) is 10.4. The van der Waals surface area contributed by atoms with E-state index >= 15 is 0 Å². The topological polar surface area (TPSA) is 105 Å². The Kier molecular flexibility index (Phi) is 3.32. The van der Waals surface area contributed by atoms with E-state index < -0.39 is 13.4 Å². The molecule has 5 N–H and O–H groups in total. The van der Waals surface area contributed by atoms with Crippen molar-refractivity contribution in [2.75, 3.05) is 5.32 Å². The van der Waals surface area contributed by atoms with Gasteiger partial charge in [0.25, 0.3) is 0 Å². The van der Waals surface area contributed by atoms with E-state index in [1.165, 1.54) is 12.1 Å². The zero-order valence-electron chi connectivity index (χ0n) is 7.18. The van der Waals surface area contributed by atoms with Gasteiger partial charge in [0.15, 0.2) is 0 Å². The van der Waals surface area contributed by atoms with Gasteiger partial charge in [-0.25, -0.2) is 4.79 Å². The molecular weight excluding hydrogens is 187 g/mol. The molecule has 1 aromatic carbocycles. The minimum Gasteiger partial charge on any atom is -0.512 e. The molecule has 0 fully saturated rings. The highest BCUT2D eigenvalue weighted by Crippen LogP contribution is 2.16. The first-order valence-corrected chi connectivity index (χ1v) is 3.77. The summed E-state index contributed by atoms with van der Waals surface area (Å²) in [5, 5.41) is 19.3. The molecule has 0 atom stereocenters. The second-order valence-corrected chi connectivity index (χ2v) is 2.46. The molecule has 14 heavy (non-hydrogen) atoms. The number of rotatable bonds is 3. The fourth-order valence-electron chi connectivity index (χ4n) is 0.911. The molecule has 7 heteroatoms. The van der Waals surface area contributed by atoms with E-state index in [4.69, 9.17) is 15.8 Å². The predicted molar refractivity (Wildman–Crippen MR) is 50.5 cm³/mol. The van der Waals surface area contributed by atoms with Crippen molar-refractivity contribution in [3.63, 3.8) is 0 Å². The number of hydrogen-bond acceptors (Lipinski definition) is 4. The Labute approximate surface area is 80.5 Å². The van der Waals surface area contributed by atoms with E-state index in [-0.39, 0.29) is 5.75 Å². The van der Waals surface area contributed by atoms with Gasteiger partial charge < -0.3 is 25.8 Å². The van der Waals surface area contributed by atoms with Crippen molar-refractivity contribution in [2.24, 2.45) is 5.73 Å². The van der Waals surface area contributed by atoms with E-state index in [0.29, 0.717) is 5.69 Å². The van der Waals surface area contributed by atoms with Crippen molar-refractivity contribution < 1.29 is 19.5 Å². The maximum atomic E-state index is 10.5. The van der Waals surface area contributed by atoms with Gasteiger partial charge in [-0.15, -0.1) is 0 Å². The molecule has 6 nitrogen and oxygen atoms in total. The summed E-state index contributed by atoms with van der Waals surface area (Å²) in [7, 11) is -1.89. The molecule has 0 heterocycles. The number of anilines is 1. The summed E-state index contributed by atoms with van der Waals surface area (Å²) in [5.74, 6) is 0.214. The Hall–Kier alpha value is -1.73. The molecule has 0 bridgehead atoms. The fourth-order valence-corrected chi connectivity index (χ4v) is 0.911. The molecule has 0 unspecified atom stereocenters. The lowest BCUT2D eigenvalue weighted by Gasteiger charge is -2.06. The molecule has 0 spiro atoms. The van der Waals surface area contributed by atoms with Crippen LogP contribution in [0.25, 0.3) is 0 Å². The van der Waals surface area contributed by atoms with Crippen molar-refractivity contribution in [2.45, 2.75) is 0 Å². The van der Waals surface area contributed by atoms with Gasteiger partial charge in [0.2, 0.25) is 0 Å². The first-order valence-electron chi connectivity index (χ1n) is 3.77. The third-order valence-corrected chi connectivity index (χ3v) is 1.34. The van der Waals surface area contributed by atoms with Gasteiger partial charge >= 0.3 is 13.4 Å². The maximum Gasteiger partial charge on any atom is 0.707 e. The SMILES string of the molecule is NC(=O)Nc1cccc(OB(O)O)c1. The second-order valence-electron chi connectivity index (χ2n) is 2.46. The molecule has 1 rings (SSSR count). The lowest BCUT2D eigenvalue weighted by Crippen LogP contribution is -2.21. The third-order valence-electron chi connectivity index (χ3n) is 1.34. The van der Waals surface area contributed by atoms with E-state index in [9.17, 15) is 4.79 Å². The van der Waals surface area contributed by atoms with Crippen molar-refractivity contribution >= 4 is 19.0 Å². The highest BCUT2D eigenvalue weighted by molar-refractivity contribution is 6.33. The second kappa shape index (κ2) is 4.49. The van der Waals surface area contributed by atoms with Crippen LogP contribution in [0.3, 0.4) is 0 Å². The van der Waals surface area contributed by atoms with Gasteiger partial charge in [-0.2, -0.15) is 0 Å². The number of nitrogens with two attached hydrogens (primary N) is 1. The van der Waals surface area contributed by atoms with Crippen LogP contribution in [0.2, 0.25) is 0 Å². The van der Waals surface area contributed by atoms with Crippen molar-refractivity contribution in [1.82, 2.24) is 0 Å². The number of amides is 2. The van der Waals surface area contributed by atoms with Crippen LogP contribution in [-0.4, -0.2) is 23.4 Å². The molecule has 0 saturated carbocycles. The zero-order chi connectivity index (χ0) is 10.6. The van der Waals surface area contributed by atoms with Gasteiger partial charge in [-0.1, -0.05) is 6.07 Å². The molecule has 0 radical (unpaired) electrons. The molecule has 0 aliphatic heterocycles. The van der Waals surface area contributed by atoms with Crippen molar-refractivity contribution in [1.29, 1.82) is 0 Å². The average Bonchev–Trinajstić information content (AvgIpc) is 2.01. The number of benzene rings is 1. The lowest BCUT2D eigenvalue weighted by molar-refractivity contribution is 0.259. The normalized spacial score (nSPS) is 9.29. The summed E-state index contributed by atoms with van der Waals surface area (Å²) in [6, 6.07) is 5.37. The molecular formula is C7H9BN2O4. The van der Waals surface area contributed by atoms with Gasteiger partial charge in [0, 0.05) is 11.8 Å². The Morgan fingerprint density at radius 3 is 2.79 bits per heavy atom. The van der Waals surface area contributed by atoms with Crippen LogP contribution in [0.5, 0.6) is 5.75 Å². The van der Waals surface area contributed by atoms with E-state index in [2.05, 4.69) is 9.97 Å². The third kappa shape index (κ3) is 3.34. The number of hydrogen-bond donors (Lipinski definition) is 4. The summed E-state index contributed by atoms with van der Waals surface area (Å²) in [6.07, 6.45) is 0. The smallest absolute Gasteiger partial charge is 0.512 e. The quantitative estimate of drug-likeness (QED) is 0.490. The van der Waals surface area contributed by atoms with Gasteiger partial charge in [0.1, 0.15) is 5.75 Å². The van der Waals surface area contributed by atoms with Crippen LogP contribution in [0.15, 0.2) is 24.3 Å². The number of urea groups is 1. The van der Waals surface area contributed by atoms with Crippen LogP contribution in [0, 0.1) is 0 Å². The number of carbonyl (C=O) groups excluding carboxylic acids is 1. The molecule has 0 aliphatic rings. The molecule has 0 aliphatic carbocycles. The Morgan fingerprint density at radius 2 is 2.21 bits per heavy atom. The lowest BCUT2D eigenvalue weighted by atomic mass is 10.2. The van der Waals surface area contributed by atoms with Crippen LogP contribution in [-0.2, 0) is 0 Å². The van der Waals surface area contributed by atoms with Crippen LogP contribution in [0.4, 0.5) is 10.5 Å². The molecule has 0 saturated heterocycles. The average molecular weight is 196 g/mol. The summed E-state index contributed by atoms with van der Waals surface area (Å²) in [4.78, 5) is 10.5.